The first-order valence-electron chi connectivity index (χ1n) is 19.6. The van der Waals surface area contributed by atoms with Crippen molar-refractivity contribution in [1.29, 1.82) is 0 Å². The molecule has 9 nitrogen and oxygen atoms in total. The highest BCUT2D eigenvalue weighted by Crippen LogP contribution is 2.83. The van der Waals surface area contributed by atoms with Crippen LogP contribution in [0.3, 0.4) is 0 Å². The number of hydrogen-bond donors (Lipinski definition) is 1. The largest absolute Gasteiger partial charge is 0.458 e. The minimum absolute atomic E-state index is 0.0771. The van der Waals surface area contributed by atoms with Crippen molar-refractivity contribution in [3.8, 4) is 0 Å². The lowest BCUT2D eigenvalue weighted by molar-refractivity contribution is -0.697. The molecular formula is C43H49N2O7+. The van der Waals surface area contributed by atoms with E-state index in [4.69, 9.17) is 23.7 Å². The summed E-state index contributed by atoms with van der Waals surface area (Å²) in [6.45, 7) is 7.98. The van der Waals surface area contributed by atoms with Crippen molar-refractivity contribution in [2.75, 3.05) is 6.61 Å². The number of nitrogens with zero attached hydrogens (tertiary/aromatic N) is 1. The molecule has 10 rings (SSSR count). The van der Waals surface area contributed by atoms with Gasteiger partial charge < -0.3 is 28.7 Å². The molecule has 4 aliphatic heterocycles. The number of hydrogen-bond acceptors (Lipinski definition) is 7. The predicted molar refractivity (Wildman–Crippen MR) is 193 cm³/mol. The molecule has 9 heteroatoms. The fourth-order valence-electron chi connectivity index (χ4n) is 11.3. The molecule has 7 aliphatic rings. The number of carbonyl (C=O) groups is 2. The number of cyclic esters (lactones) is 1. The Labute approximate surface area is 304 Å². The summed E-state index contributed by atoms with van der Waals surface area (Å²) < 4.78 is 34.4. The van der Waals surface area contributed by atoms with Crippen LogP contribution >= 0.6 is 0 Å². The molecule has 5 fully saturated rings. The molecule has 0 radical (unpaired) electrons. The second kappa shape index (κ2) is 11.6. The van der Waals surface area contributed by atoms with Gasteiger partial charge in [0, 0.05) is 53.1 Å². The van der Waals surface area contributed by atoms with Gasteiger partial charge in [0.2, 0.25) is 0 Å². The van der Waals surface area contributed by atoms with Gasteiger partial charge >= 0.3 is 11.9 Å². The Hall–Kier alpha value is -3.79. The lowest BCUT2D eigenvalue weighted by atomic mass is 9.46. The summed E-state index contributed by atoms with van der Waals surface area (Å²) in [5.74, 6) is -0.0138. The number of aryl methyl sites for hydroxylation is 1. The molecule has 272 valence electrons. The SMILES string of the molecule is CC(C)[C@]12O[C@H]1[C@@H]1O[C@]13[C@]1(O[C@H]1C[C@H]1C4=C(CC[C@@]13C)C(=O)OC4)[C@@H]2OC(=O)CCCCCCC[n+]1ccc(/C=C/c2c[nH]c3ccccc23)cc1. The highest BCUT2D eigenvalue weighted by atomic mass is 16.8. The Kier molecular flexibility index (Phi) is 7.33. The van der Waals surface area contributed by atoms with Crippen LogP contribution in [0.2, 0.25) is 0 Å². The number of rotatable bonds is 12. The molecule has 2 saturated carbocycles. The Morgan fingerprint density at radius 3 is 2.67 bits per heavy atom. The molecule has 1 N–H and O–H groups in total. The Bertz CT molecular complexity index is 2020. The fraction of sp³-hybridized carbons (Fsp3) is 0.558. The minimum Gasteiger partial charge on any atom is -0.458 e. The van der Waals surface area contributed by atoms with E-state index in [2.05, 4.69) is 91.4 Å². The Morgan fingerprint density at radius 2 is 1.83 bits per heavy atom. The summed E-state index contributed by atoms with van der Waals surface area (Å²) in [5.41, 5.74) is 3.43. The van der Waals surface area contributed by atoms with Crippen LogP contribution < -0.4 is 4.57 Å². The maximum Gasteiger partial charge on any atom is 0.334 e. The van der Waals surface area contributed by atoms with Gasteiger partial charge in [0.15, 0.2) is 24.1 Å². The summed E-state index contributed by atoms with van der Waals surface area (Å²) in [4.78, 5) is 29.4. The van der Waals surface area contributed by atoms with Gasteiger partial charge in [0.1, 0.15) is 36.6 Å². The van der Waals surface area contributed by atoms with Crippen molar-refractivity contribution in [1.82, 2.24) is 4.98 Å². The van der Waals surface area contributed by atoms with E-state index in [0.717, 1.165) is 68.2 Å². The number of para-hydroxylation sites is 1. The second-order valence-electron chi connectivity index (χ2n) is 16.9. The number of carbonyl (C=O) groups excluding carboxylic acids is 2. The number of H-pyrrole nitrogens is 1. The number of aromatic amines is 1. The van der Waals surface area contributed by atoms with E-state index >= 15 is 0 Å². The zero-order valence-corrected chi connectivity index (χ0v) is 30.4. The van der Waals surface area contributed by atoms with Crippen LogP contribution in [0.25, 0.3) is 23.1 Å². The van der Waals surface area contributed by atoms with Crippen LogP contribution in [0, 0.1) is 17.3 Å². The van der Waals surface area contributed by atoms with E-state index in [-0.39, 0.29) is 47.5 Å². The van der Waals surface area contributed by atoms with Gasteiger partial charge in [-0.15, -0.1) is 0 Å². The summed E-state index contributed by atoms with van der Waals surface area (Å²) >= 11 is 0. The summed E-state index contributed by atoms with van der Waals surface area (Å²) in [6, 6.07) is 12.7. The molecule has 0 amide bonds. The van der Waals surface area contributed by atoms with Crippen molar-refractivity contribution in [2.45, 2.75) is 126 Å². The molecule has 0 unspecified atom stereocenters. The highest BCUT2D eigenvalue weighted by molar-refractivity contribution is 5.92. The standard InChI is InChI=1S/C43H48N2O7/c1-26(2)41-36(51-41)37-43(52-37)40(3)19-16-30-31(25-48-38(30)47)32(40)23-34-42(43,50-34)39(41)49-35(46)13-7-5-4-6-10-20-45-21-17-27(18-22-45)14-15-28-24-44-33-12-9-8-11-29(28)33/h8-9,11-12,14-15,17-18,21-22,24,26,32,34,36-37,39H,4-7,10,13,16,19-20,23,25H2,1-3H3/p+1/t32-,34-,36-,37-,39+,40-,41-,42+,43+/m0/s1. The smallest absolute Gasteiger partial charge is 0.334 e. The molecule has 0 bridgehead atoms. The molecule has 2 aromatic heterocycles. The van der Waals surface area contributed by atoms with Gasteiger partial charge in [-0.1, -0.05) is 64.0 Å². The van der Waals surface area contributed by atoms with Gasteiger partial charge in [0.25, 0.3) is 0 Å². The van der Waals surface area contributed by atoms with Crippen LogP contribution in [0.4, 0.5) is 0 Å². The van der Waals surface area contributed by atoms with Crippen molar-refractivity contribution in [3.05, 3.63) is 77.3 Å². The number of esters is 2. The number of ether oxygens (including phenoxy) is 5. The summed E-state index contributed by atoms with van der Waals surface area (Å²) in [6.07, 6.45) is 17.7. The van der Waals surface area contributed by atoms with E-state index < -0.39 is 22.9 Å². The van der Waals surface area contributed by atoms with Crippen LogP contribution in [0.15, 0.2) is 66.1 Å². The van der Waals surface area contributed by atoms with E-state index in [1.165, 1.54) is 16.5 Å². The van der Waals surface area contributed by atoms with Gasteiger partial charge in [0.05, 0.1) is 6.10 Å². The highest BCUT2D eigenvalue weighted by Gasteiger charge is 3.01. The van der Waals surface area contributed by atoms with E-state index in [1.807, 2.05) is 6.07 Å². The molecule has 6 heterocycles. The topological polar surface area (TPSA) is 110 Å². The average Bonchev–Trinajstić information content (AvgIpc) is 4.09. The molecule has 52 heavy (non-hydrogen) atoms. The van der Waals surface area contributed by atoms with Gasteiger partial charge in [-0.05, 0) is 66.7 Å². The maximum atomic E-state index is 13.6. The zero-order chi connectivity index (χ0) is 35.5. The third-order valence-electron chi connectivity index (χ3n) is 14.1. The Balaban J connectivity index is 0.723. The molecule has 2 spiro atoms. The van der Waals surface area contributed by atoms with Crippen molar-refractivity contribution >= 4 is 35.0 Å². The van der Waals surface area contributed by atoms with Crippen molar-refractivity contribution in [2.24, 2.45) is 17.3 Å². The predicted octanol–water partition coefficient (Wildman–Crippen LogP) is 6.63. The first-order valence-corrected chi connectivity index (χ1v) is 19.6. The third-order valence-corrected chi connectivity index (χ3v) is 14.1. The van der Waals surface area contributed by atoms with Crippen LogP contribution in [-0.2, 0) is 39.8 Å². The van der Waals surface area contributed by atoms with Gasteiger partial charge in [-0.2, -0.15) is 0 Å². The number of benzene rings is 1. The van der Waals surface area contributed by atoms with Crippen LogP contribution in [-0.4, -0.2) is 64.7 Å². The van der Waals surface area contributed by atoms with E-state index in [0.29, 0.717) is 19.4 Å². The first kappa shape index (κ1) is 32.8. The lowest BCUT2D eigenvalue weighted by Gasteiger charge is -2.53. The number of nitrogens with one attached hydrogen (secondary N) is 1. The molecule has 1 aromatic carbocycles. The van der Waals surface area contributed by atoms with E-state index in [9.17, 15) is 9.59 Å². The van der Waals surface area contributed by atoms with Gasteiger partial charge in [-0.3, -0.25) is 4.79 Å². The van der Waals surface area contributed by atoms with Gasteiger partial charge in [-0.25, -0.2) is 9.36 Å². The fourth-order valence-corrected chi connectivity index (χ4v) is 11.3. The van der Waals surface area contributed by atoms with Crippen molar-refractivity contribution in [3.63, 3.8) is 0 Å². The zero-order valence-electron chi connectivity index (χ0n) is 30.4. The van der Waals surface area contributed by atoms with E-state index in [1.54, 1.807) is 0 Å². The first-order chi connectivity index (χ1) is 25.2. The lowest BCUT2D eigenvalue weighted by Crippen LogP contribution is -2.70. The number of aromatic nitrogens is 2. The number of pyridine rings is 1. The maximum absolute atomic E-state index is 13.6. The number of fused-ring (bicyclic) bond motifs is 5. The summed E-state index contributed by atoms with van der Waals surface area (Å²) in [5, 5.41) is 1.23. The quantitative estimate of drug-likeness (QED) is 0.0975. The monoisotopic (exact) mass is 705 g/mol. The minimum atomic E-state index is -0.694. The molecule has 9 atom stereocenters. The second-order valence-corrected chi connectivity index (χ2v) is 16.9. The van der Waals surface area contributed by atoms with Crippen LogP contribution in [0.5, 0.6) is 0 Å². The Morgan fingerprint density at radius 1 is 1.02 bits per heavy atom. The number of epoxide rings is 3. The number of unbranched alkanes of at least 4 members (excludes halogenated alkanes) is 4. The molecular weight excluding hydrogens is 656 g/mol. The third kappa shape index (κ3) is 4.48. The van der Waals surface area contributed by atoms with Crippen molar-refractivity contribution < 1.29 is 37.8 Å². The average molecular weight is 706 g/mol. The molecule has 3 saturated heterocycles. The summed E-state index contributed by atoms with van der Waals surface area (Å²) in [7, 11) is 0. The van der Waals surface area contributed by atoms with Crippen LogP contribution in [0.1, 0.15) is 89.7 Å². The normalized spacial score (nSPS) is 37.5. The molecule has 3 aromatic rings. The molecule has 3 aliphatic carbocycles.